The first-order valence-electron chi connectivity index (χ1n) is 8.74. The Bertz CT molecular complexity index is 1120. The van der Waals surface area contributed by atoms with E-state index in [1.165, 1.54) is 6.20 Å². The van der Waals surface area contributed by atoms with Gasteiger partial charge in [-0.3, -0.25) is 4.79 Å². The lowest BCUT2D eigenvalue weighted by molar-refractivity contribution is -0.112. The molecule has 29 heavy (non-hydrogen) atoms. The molecule has 6 heteroatoms. The van der Waals surface area contributed by atoms with Crippen molar-refractivity contribution in [3.8, 4) is 12.1 Å². The third kappa shape index (κ3) is 4.60. The van der Waals surface area contributed by atoms with Crippen molar-refractivity contribution in [2.24, 2.45) is 0 Å². The third-order valence-electron chi connectivity index (χ3n) is 4.12. The molecule has 1 amide bonds. The van der Waals surface area contributed by atoms with Gasteiger partial charge >= 0.3 is 0 Å². The molecule has 3 rings (SSSR count). The van der Waals surface area contributed by atoms with Crippen LogP contribution in [0.5, 0.6) is 0 Å². The molecule has 0 spiro atoms. The third-order valence-corrected chi connectivity index (χ3v) is 4.12. The number of nitrogens with two attached hydrogens (primary N) is 1. The summed E-state index contributed by atoms with van der Waals surface area (Å²) in [6.07, 6.45) is 1.46. The van der Waals surface area contributed by atoms with Crippen molar-refractivity contribution in [3.05, 3.63) is 96.2 Å². The van der Waals surface area contributed by atoms with E-state index in [1.807, 2.05) is 42.5 Å². The topological polar surface area (TPSA) is 106 Å². The Hall–Kier alpha value is -4.55. The number of rotatable bonds is 5. The van der Waals surface area contributed by atoms with E-state index < -0.39 is 5.91 Å². The van der Waals surface area contributed by atoms with Crippen molar-refractivity contribution in [2.45, 2.75) is 0 Å². The molecule has 0 heterocycles. The maximum absolute atomic E-state index is 12.7. The molecule has 6 nitrogen and oxygen atoms in total. The maximum Gasteiger partial charge on any atom is 0.267 e. The maximum atomic E-state index is 12.7. The van der Waals surface area contributed by atoms with Gasteiger partial charge in [0.15, 0.2) is 0 Å². The van der Waals surface area contributed by atoms with Gasteiger partial charge in [0.25, 0.3) is 5.91 Å². The summed E-state index contributed by atoms with van der Waals surface area (Å²) in [5.74, 6) is -0.605. The molecule has 0 radical (unpaired) electrons. The zero-order valence-electron chi connectivity index (χ0n) is 15.4. The number of benzene rings is 3. The average molecular weight is 379 g/mol. The number of nitrogens with zero attached hydrogens (tertiary/aromatic N) is 3. The van der Waals surface area contributed by atoms with E-state index in [9.17, 15) is 15.3 Å². The van der Waals surface area contributed by atoms with Gasteiger partial charge in [-0.1, -0.05) is 30.3 Å². The van der Waals surface area contributed by atoms with Crippen LogP contribution in [-0.2, 0) is 4.79 Å². The number of nitrogens with one attached hydrogen (secondary N) is 1. The minimum absolute atomic E-state index is 0.113. The number of nitriles is 2. The van der Waals surface area contributed by atoms with Gasteiger partial charge in [0.05, 0.1) is 11.3 Å². The fraction of sp³-hybridized carbons (Fsp3) is 0. The van der Waals surface area contributed by atoms with E-state index in [2.05, 4.69) is 5.32 Å². The van der Waals surface area contributed by atoms with Crippen molar-refractivity contribution in [1.82, 2.24) is 0 Å². The molecule has 0 aromatic heterocycles. The monoisotopic (exact) mass is 379 g/mol. The molecule has 0 aliphatic rings. The molecule has 0 saturated carbocycles. The lowest BCUT2D eigenvalue weighted by Gasteiger charge is -2.21. The van der Waals surface area contributed by atoms with E-state index in [-0.39, 0.29) is 5.57 Å². The standard InChI is InChI=1S/C23H17N5O/c24-14-17-6-4-5-9-22(17)27-23(29)18(15-25)16-28(20-7-2-1-3-8-20)21-12-10-19(26)11-13-21/h1-13,16H,26H2,(H,27,29)/b18-16-. The van der Waals surface area contributed by atoms with Gasteiger partial charge in [0.1, 0.15) is 17.7 Å². The van der Waals surface area contributed by atoms with Crippen LogP contribution in [0, 0.1) is 22.7 Å². The van der Waals surface area contributed by atoms with Gasteiger partial charge < -0.3 is 16.0 Å². The first-order chi connectivity index (χ1) is 14.1. The van der Waals surface area contributed by atoms with Gasteiger partial charge in [-0.05, 0) is 48.5 Å². The first kappa shape index (κ1) is 19.2. The van der Waals surface area contributed by atoms with Crippen LogP contribution in [0.1, 0.15) is 5.56 Å². The number of carbonyl (C=O) groups is 1. The second-order valence-electron chi connectivity index (χ2n) is 6.06. The van der Waals surface area contributed by atoms with Crippen molar-refractivity contribution in [2.75, 3.05) is 16.0 Å². The van der Waals surface area contributed by atoms with E-state index >= 15 is 0 Å². The minimum Gasteiger partial charge on any atom is -0.399 e. The van der Waals surface area contributed by atoms with E-state index in [0.29, 0.717) is 16.9 Å². The Balaban J connectivity index is 1.98. The number of carbonyl (C=O) groups excluding carboxylic acids is 1. The van der Waals surface area contributed by atoms with Gasteiger partial charge in [0.2, 0.25) is 0 Å². The Morgan fingerprint density at radius 1 is 0.897 bits per heavy atom. The minimum atomic E-state index is -0.605. The molecule has 140 valence electrons. The number of hydrogen-bond donors (Lipinski definition) is 2. The second-order valence-corrected chi connectivity index (χ2v) is 6.06. The van der Waals surface area contributed by atoms with Crippen LogP contribution < -0.4 is 16.0 Å². The summed E-state index contributed by atoms with van der Waals surface area (Å²) in [7, 11) is 0. The highest BCUT2D eigenvalue weighted by atomic mass is 16.1. The van der Waals surface area contributed by atoms with Crippen LogP contribution in [-0.4, -0.2) is 5.91 Å². The normalized spacial score (nSPS) is 10.5. The fourth-order valence-corrected chi connectivity index (χ4v) is 2.67. The summed E-state index contributed by atoms with van der Waals surface area (Å²) in [4.78, 5) is 14.4. The second kappa shape index (κ2) is 8.90. The smallest absolute Gasteiger partial charge is 0.267 e. The number of nitrogen functional groups attached to an aromatic ring is 1. The number of anilines is 4. The quantitative estimate of drug-likeness (QED) is 0.390. The van der Waals surface area contributed by atoms with Crippen LogP contribution in [0.25, 0.3) is 0 Å². The van der Waals surface area contributed by atoms with Crippen LogP contribution in [0.2, 0.25) is 0 Å². The molecule has 0 atom stereocenters. The number of hydrogen-bond acceptors (Lipinski definition) is 5. The van der Waals surface area contributed by atoms with Crippen molar-refractivity contribution >= 4 is 28.7 Å². The van der Waals surface area contributed by atoms with Gasteiger partial charge in [-0.2, -0.15) is 10.5 Å². The van der Waals surface area contributed by atoms with Gasteiger partial charge in [0, 0.05) is 23.3 Å². The van der Waals surface area contributed by atoms with Crippen molar-refractivity contribution in [1.29, 1.82) is 10.5 Å². The summed E-state index contributed by atoms with van der Waals surface area (Å²) < 4.78 is 0. The first-order valence-corrected chi connectivity index (χ1v) is 8.74. The van der Waals surface area contributed by atoms with Gasteiger partial charge in [-0.25, -0.2) is 0 Å². The molecule has 0 bridgehead atoms. The lowest BCUT2D eigenvalue weighted by Crippen LogP contribution is -2.18. The zero-order valence-corrected chi connectivity index (χ0v) is 15.4. The van der Waals surface area contributed by atoms with E-state index in [1.54, 1.807) is 53.4 Å². The highest BCUT2D eigenvalue weighted by Crippen LogP contribution is 2.27. The molecule has 3 N–H and O–H groups in total. The van der Waals surface area contributed by atoms with Crippen LogP contribution in [0.15, 0.2) is 90.6 Å². The molecule has 0 aliphatic heterocycles. The number of amides is 1. The van der Waals surface area contributed by atoms with Gasteiger partial charge in [-0.15, -0.1) is 0 Å². The molecular weight excluding hydrogens is 362 g/mol. The Morgan fingerprint density at radius 3 is 2.17 bits per heavy atom. The lowest BCUT2D eigenvalue weighted by atomic mass is 10.1. The Morgan fingerprint density at radius 2 is 1.52 bits per heavy atom. The predicted octanol–water partition coefficient (Wildman–Crippen LogP) is 4.32. The number of para-hydroxylation sites is 2. The Kier molecular flexibility index (Phi) is 5.90. The Labute approximate surface area is 168 Å². The molecule has 0 fully saturated rings. The summed E-state index contributed by atoms with van der Waals surface area (Å²) in [6.45, 7) is 0. The largest absolute Gasteiger partial charge is 0.399 e. The van der Waals surface area contributed by atoms with Crippen LogP contribution in [0.3, 0.4) is 0 Å². The molecule has 3 aromatic rings. The van der Waals surface area contributed by atoms with E-state index in [4.69, 9.17) is 5.73 Å². The zero-order chi connectivity index (χ0) is 20.6. The predicted molar refractivity (Wildman–Crippen MR) is 113 cm³/mol. The van der Waals surface area contributed by atoms with Crippen molar-refractivity contribution < 1.29 is 4.79 Å². The van der Waals surface area contributed by atoms with Crippen molar-refractivity contribution in [3.63, 3.8) is 0 Å². The molecular formula is C23H17N5O. The summed E-state index contributed by atoms with van der Waals surface area (Å²) in [6, 6.07) is 27.0. The fourth-order valence-electron chi connectivity index (χ4n) is 2.67. The SMILES string of the molecule is N#C/C(=C/N(c1ccccc1)c1ccc(N)cc1)C(=O)Nc1ccccc1C#N. The molecule has 0 saturated heterocycles. The van der Waals surface area contributed by atoms with Crippen LogP contribution >= 0.6 is 0 Å². The molecule has 0 aliphatic carbocycles. The highest BCUT2D eigenvalue weighted by Gasteiger charge is 2.15. The highest BCUT2D eigenvalue weighted by molar-refractivity contribution is 6.07. The summed E-state index contributed by atoms with van der Waals surface area (Å²) in [5, 5.41) is 21.4. The van der Waals surface area contributed by atoms with E-state index in [0.717, 1.165) is 11.4 Å². The molecule has 0 unspecified atom stereocenters. The molecule has 3 aromatic carbocycles. The average Bonchev–Trinajstić information content (AvgIpc) is 2.76. The van der Waals surface area contributed by atoms with Crippen LogP contribution in [0.4, 0.5) is 22.7 Å². The summed E-state index contributed by atoms with van der Waals surface area (Å²) in [5.41, 5.74) is 8.45. The summed E-state index contributed by atoms with van der Waals surface area (Å²) >= 11 is 0.